The summed E-state index contributed by atoms with van der Waals surface area (Å²) in [5.41, 5.74) is 0. The third-order valence-corrected chi connectivity index (χ3v) is 2.09. The Kier molecular flexibility index (Phi) is 4.01. The molecule has 0 saturated carbocycles. The number of rotatable bonds is 6. The number of allylic oxidation sites excluding steroid dienone is 1. The minimum Gasteiger partial charge on any atom is -0.365 e. The van der Waals surface area contributed by atoms with Crippen molar-refractivity contribution < 1.29 is 9.53 Å². The van der Waals surface area contributed by atoms with E-state index in [2.05, 4.69) is 6.92 Å². The molecule has 0 aromatic rings. The molecule has 0 bridgehead atoms. The van der Waals surface area contributed by atoms with Gasteiger partial charge in [0.2, 0.25) is 0 Å². The molecule has 0 radical (unpaired) electrons. The molecule has 68 valence electrons. The first-order chi connectivity index (χ1) is 5.88. The summed E-state index contributed by atoms with van der Waals surface area (Å²) in [7, 11) is 0. The number of ether oxygens (including phenoxy) is 1. The van der Waals surface area contributed by atoms with Gasteiger partial charge in [0, 0.05) is 0 Å². The molecule has 0 aromatic heterocycles. The van der Waals surface area contributed by atoms with E-state index in [1.165, 1.54) is 25.3 Å². The highest BCUT2D eigenvalue weighted by atomic mass is 16.6. The lowest BCUT2D eigenvalue weighted by Crippen LogP contribution is -1.90. The number of carbonyl (C=O) groups excluding carboxylic acids is 1. The average molecular weight is 168 g/mol. The quantitative estimate of drug-likeness (QED) is 0.263. The minimum atomic E-state index is 0.229. The first-order valence-electron chi connectivity index (χ1n) is 4.66. The lowest BCUT2D eigenvalue weighted by molar-refractivity contribution is -0.104. The maximum atomic E-state index is 9.96. The van der Waals surface area contributed by atoms with Crippen LogP contribution in [0.4, 0.5) is 0 Å². The van der Waals surface area contributed by atoms with E-state index in [1.807, 2.05) is 6.08 Å². The van der Waals surface area contributed by atoms with Crippen LogP contribution < -0.4 is 0 Å². The highest BCUT2D eigenvalue weighted by Gasteiger charge is 2.35. The van der Waals surface area contributed by atoms with Gasteiger partial charge >= 0.3 is 0 Å². The van der Waals surface area contributed by atoms with Crippen molar-refractivity contribution in [1.29, 1.82) is 0 Å². The van der Waals surface area contributed by atoms with Crippen LogP contribution in [0.1, 0.15) is 32.6 Å². The number of carbonyl (C=O) groups is 1. The molecule has 12 heavy (non-hydrogen) atoms. The molecule has 1 fully saturated rings. The molecular formula is C10H16O2. The summed E-state index contributed by atoms with van der Waals surface area (Å²) >= 11 is 0. The van der Waals surface area contributed by atoms with Gasteiger partial charge in [-0.1, -0.05) is 32.3 Å². The fourth-order valence-corrected chi connectivity index (χ4v) is 1.31. The van der Waals surface area contributed by atoms with Gasteiger partial charge in [0.15, 0.2) is 0 Å². The smallest absolute Gasteiger partial charge is 0.142 e. The van der Waals surface area contributed by atoms with E-state index in [4.69, 9.17) is 4.74 Å². The van der Waals surface area contributed by atoms with E-state index in [1.54, 1.807) is 0 Å². The summed E-state index contributed by atoms with van der Waals surface area (Å²) in [4.78, 5) is 9.96. The molecule has 0 aliphatic carbocycles. The monoisotopic (exact) mass is 168 g/mol. The van der Waals surface area contributed by atoms with E-state index in [0.717, 1.165) is 12.7 Å². The first kappa shape index (κ1) is 9.46. The van der Waals surface area contributed by atoms with Crippen molar-refractivity contribution in [3.8, 4) is 0 Å². The van der Waals surface area contributed by atoms with Crippen molar-refractivity contribution in [3.63, 3.8) is 0 Å². The zero-order chi connectivity index (χ0) is 8.81. The molecule has 1 rings (SSSR count). The number of epoxide rings is 1. The summed E-state index contributed by atoms with van der Waals surface area (Å²) in [5, 5.41) is 0. The van der Waals surface area contributed by atoms with E-state index >= 15 is 0 Å². The van der Waals surface area contributed by atoms with Crippen LogP contribution >= 0.6 is 0 Å². The topological polar surface area (TPSA) is 29.6 Å². The van der Waals surface area contributed by atoms with Crippen molar-refractivity contribution in [2.75, 3.05) is 0 Å². The number of aldehydes is 1. The summed E-state index contributed by atoms with van der Waals surface area (Å²) in [6.45, 7) is 2.19. The molecular weight excluding hydrogens is 152 g/mol. The van der Waals surface area contributed by atoms with Gasteiger partial charge in [-0.15, -0.1) is 0 Å². The lowest BCUT2D eigenvalue weighted by atomic mass is 10.1. The van der Waals surface area contributed by atoms with Crippen LogP contribution in [0.3, 0.4) is 0 Å². The summed E-state index contributed by atoms with van der Waals surface area (Å²) in [6.07, 6.45) is 9.69. The Balaban J connectivity index is 2.00. The second-order valence-electron chi connectivity index (χ2n) is 3.16. The maximum absolute atomic E-state index is 9.96. The van der Waals surface area contributed by atoms with Crippen LogP contribution in [0.2, 0.25) is 0 Å². The van der Waals surface area contributed by atoms with Crippen molar-refractivity contribution in [3.05, 3.63) is 12.2 Å². The van der Waals surface area contributed by atoms with Crippen molar-refractivity contribution in [2.45, 2.75) is 44.8 Å². The molecule has 2 nitrogen and oxygen atoms in total. The molecule has 1 aliphatic rings. The molecule has 1 heterocycles. The zero-order valence-electron chi connectivity index (χ0n) is 7.53. The SMILES string of the molecule is CCCCC[C@H]1O[C@H]1/C=C/C=O. The van der Waals surface area contributed by atoms with Gasteiger partial charge in [0.25, 0.3) is 0 Å². The molecule has 1 aliphatic heterocycles. The Bertz CT molecular complexity index is 163. The fraction of sp³-hybridized carbons (Fsp3) is 0.700. The fourth-order valence-electron chi connectivity index (χ4n) is 1.31. The molecule has 2 heteroatoms. The lowest BCUT2D eigenvalue weighted by Gasteiger charge is -1.91. The molecule has 0 N–H and O–H groups in total. The predicted molar refractivity (Wildman–Crippen MR) is 48.0 cm³/mol. The number of unbranched alkanes of at least 4 members (excludes halogenated alkanes) is 2. The van der Waals surface area contributed by atoms with Gasteiger partial charge in [-0.3, -0.25) is 4.79 Å². The Morgan fingerprint density at radius 2 is 2.25 bits per heavy atom. The second-order valence-corrected chi connectivity index (χ2v) is 3.16. The molecule has 0 unspecified atom stereocenters. The predicted octanol–water partition coefficient (Wildman–Crippen LogP) is 2.09. The van der Waals surface area contributed by atoms with Gasteiger partial charge in [-0.25, -0.2) is 0 Å². The van der Waals surface area contributed by atoms with Crippen molar-refractivity contribution in [1.82, 2.24) is 0 Å². The standard InChI is InChI=1S/C10H16O2/c1-2-3-4-6-9-10(12-9)7-5-8-11/h5,7-10H,2-4,6H2,1H3/b7-5+/t9-,10+/m1/s1. The van der Waals surface area contributed by atoms with E-state index in [9.17, 15) is 4.79 Å². The van der Waals surface area contributed by atoms with Gasteiger partial charge < -0.3 is 4.74 Å². The van der Waals surface area contributed by atoms with Crippen LogP contribution in [0.15, 0.2) is 12.2 Å². The third-order valence-electron chi connectivity index (χ3n) is 2.09. The number of hydrogen-bond acceptors (Lipinski definition) is 2. The van der Waals surface area contributed by atoms with Crippen LogP contribution in [0, 0.1) is 0 Å². The molecule has 0 aromatic carbocycles. The van der Waals surface area contributed by atoms with Crippen LogP contribution in [-0.2, 0) is 9.53 Å². The van der Waals surface area contributed by atoms with Gasteiger partial charge in [0.1, 0.15) is 12.4 Å². The zero-order valence-corrected chi connectivity index (χ0v) is 7.53. The Morgan fingerprint density at radius 1 is 1.42 bits per heavy atom. The van der Waals surface area contributed by atoms with Gasteiger partial charge in [-0.05, 0) is 12.5 Å². The largest absolute Gasteiger partial charge is 0.365 e. The van der Waals surface area contributed by atoms with E-state index in [-0.39, 0.29) is 6.10 Å². The van der Waals surface area contributed by atoms with Crippen molar-refractivity contribution >= 4 is 6.29 Å². The summed E-state index contributed by atoms with van der Waals surface area (Å²) in [5.74, 6) is 0. The average Bonchev–Trinajstić information content (AvgIpc) is 2.81. The Labute approximate surface area is 73.6 Å². The first-order valence-corrected chi connectivity index (χ1v) is 4.66. The van der Waals surface area contributed by atoms with Crippen molar-refractivity contribution in [2.24, 2.45) is 0 Å². The van der Waals surface area contributed by atoms with E-state index in [0.29, 0.717) is 6.10 Å². The highest BCUT2D eigenvalue weighted by Crippen LogP contribution is 2.28. The molecule has 0 spiro atoms. The summed E-state index contributed by atoms with van der Waals surface area (Å²) < 4.78 is 5.32. The van der Waals surface area contributed by atoms with E-state index < -0.39 is 0 Å². The molecule has 0 amide bonds. The normalized spacial score (nSPS) is 27.8. The van der Waals surface area contributed by atoms with Gasteiger partial charge in [0.05, 0.1) is 6.10 Å². The molecule has 1 saturated heterocycles. The van der Waals surface area contributed by atoms with Gasteiger partial charge in [-0.2, -0.15) is 0 Å². The minimum absolute atomic E-state index is 0.229. The maximum Gasteiger partial charge on any atom is 0.142 e. The van der Waals surface area contributed by atoms with Crippen LogP contribution in [0.5, 0.6) is 0 Å². The Hall–Kier alpha value is -0.630. The molecule has 2 atom stereocenters. The second kappa shape index (κ2) is 5.09. The van der Waals surface area contributed by atoms with Crippen LogP contribution in [0.25, 0.3) is 0 Å². The number of hydrogen-bond donors (Lipinski definition) is 0. The highest BCUT2D eigenvalue weighted by molar-refractivity contribution is 5.64. The Morgan fingerprint density at radius 3 is 2.92 bits per heavy atom. The third kappa shape index (κ3) is 3.18. The van der Waals surface area contributed by atoms with Crippen LogP contribution in [-0.4, -0.2) is 18.5 Å². The summed E-state index contributed by atoms with van der Waals surface area (Å²) in [6, 6.07) is 0.